The molecular weight excluding hydrogens is 312 g/mol. The molecule has 0 spiro atoms. The molecule has 0 amide bonds. The van der Waals surface area contributed by atoms with Crippen molar-refractivity contribution in [3.63, 3.8) is 0 Å². The minimum Gasteiger partial charge on any atom is -0.378 e. The van der Waals surface area contributed by atoms with Crippen LogP contribution in [-0.4, -0.2) is 33.7 Å². The predicted molar refractivity (Wildman–Crippen MR) is 100 cm³/mol. The number of anilines is 3. The molecule has 0 atom stereocenters. The van der Waals surface area contributed by atoms with Crippen molar-refractivity contribution in [2.45, 2.75) is 0 Å². The highest BCUT2D eigenvalue weighted by Crippen LogP contribution is 2.22. The molecule has 4 rings (SSSR count). The number of aromatic nitrogens is 4. The molecule has 0 radical (unpaired) electrons. The number of pyridine rings is 1. The average Bonchev–Trinajstić information content (AvgIpc) is 3.06. The van der Waals surface area contributed by atoms with E-state index in [1.807, 2.05) is 61.2 Å². The summed E-state index contributed by atoms with van der Waals surface area (Å²) in [5, 5.41) is 8.02. The fraction of sp³-hybridized carbons (Fsp3) is 0.105. The second kappa shape index (κ2) is 6.24. The molecule has 6 nitrogen and oxygen atoms in total. The summed E-state index contributed by atoms with van der Waals surface area (Å²) in [6.45, 7) is 0. The van der Waals surface area contributed by atoms with Crippen LogP contribution in [0.3, 0.4) is 0 Å². The molecule has 6 heteroatoms. The van der Waals surface area contributed by atoms with Crippen molar-refractivity contribution in [3.05, 3.63) is 67.1 Å². The van der Waals surface area contributed by atoms with Gasteiger partial charge in [0.2, 0.25) is 0 Å². The molecule has 1 N–H and O–H groups in total. The van der Waals surface area contributed by atoms with Crippen LogP contribution in [0.1, 0.15) is 0 Å². The Bertz CT molecular complexity index is 990. The molecule has 25 heavy (non-hydrogen) atoms. The van der Waals surface area contributed by atoms with Crippen LogP contribution >= 0.6 is 0 Å². The van der Waals surface area contributed by atoms with Gasteiger partial charge in [-0.15, -0.1) is 5.10 Å². The molecule has 0 aliphatic carbocycles. The van der Waals surface area contributed by atoms with Gasteiger partial charge in [-0.05, 0) is 48.5 Å². The van der Waals surface area contributed by atoms with Crippen molar-refractivity contribution in [1.29, 1.82) is 0 Å². The second-order valence-corrected chi connectivity index (χ2v) is 5.93. The van der Waals surface area contributed by atoms with E-state index in [-0.39, 0.29) is 0 Å². The Morgan fingerprint density at radius 2 is 1.68 bits per heavy atom. The van der Waals surface area contributed by atoms with Crippen molar-refractivity contribution in [1.82, 2.24) is 19.6 Å². The number of rotatable bonds is 4. The number of hydrogen-bond acceptors (Lipinski definition) is 5. The van der Waals surface area contributed by atoms with Crippen molar-refractivity contribution in [2.24, 2.45) is 0 Å². The monoisotopic (exact) mass is 330 g/mol. The Labute approximate surface area is 145 Å². The molecule has 0 aliphatic rings. The van der Waals surface area contributed by atoms with Gasteiger partial charge in [0, 0.05) is 43.4 Å². The lowest BCUT2D eigenvalue weighted by Crippen LogP contribution is -2.08. The fourth-order valence-electron chi connectivity index (χ4n) is 2.65. The predicted octanol–water partition coefficient (Wildman–Crippen LogP) is 3.60. The zero-order chi connectivity index (χ0) is 17.2. The highest BCUT2D eigenvalue weighted by Gasteiger charge is 2.08. The van der Waals surface area contributed by atoms with Gasteiger partial charge in [0.25, 0.3) is 0 Å². The van der Waals surface area contributed by atoms with Crippen LogP contribution < -0.4 is 10.2 Å². The van der Waals surface area contributed by atoms with Crippen LogP contribution in [0.25, 0.3) is 16.9 Å². The van der Waals surface area contributed by atoms with Crippen LogP contribution in [0.2, 0.25) is 0 Å². The first-order valence-corrected chi connectivity index (χ1v) is 8.00. The van der Waals surface area contributed by atoms with Crippen molar-refractivity contribution >= 4 is 22.8 Å². The molecule has 0 saturated heterocycles. The molecule has 4 aromatic rings. The van der Waals surface area contributed by atoms with E-state index < -0.39 is 0 Å². The lowest BCUT2D eigenvalue weighted by molar-refractivity contribution is 0.948. The minimum absolute atomic E-state index is 0.762. The summed E-state index contributed by atoms with van der Waals surface area (Å²) in [4.78, 5) is 10.6. The SMILES string of the molecule is CN(C)c1ccc(Nc2ccc3ncc(-c4ccncc4)n3n2)cc1. The molecule has 1 aromatic carbocycles. The van der Waals surface area contributed by atoms with Gasteiger partial charge in [0.1, 0.15) is 0 Å². The summed E-state index contributed by atoms with van der Waals surface area (Å²) < 4.78 is 1.84. The summed E-state index contributed by atoms with van der Waals surface area (Å²) in [6.07, 6.45) is 5.36. The smallest absolute Gasteiger partial charge is 0.154 e. The molecule has 0 aliphatic heterocycles. The molecule has 0 unspecified atom stereocenters. The maximum Gasteiger partial charge on any atom is 0.154 e. The third kappa shape index (κ3) is 3.01. The summed E-state index contributed by atoms with van der Waals surface area (Å²) >= 11 is 0. The second-order valence-electron chi connectivity index (χ2n) is 5.93. The van der Waals surface area contributed by atoms with E-state index in [4.69, 9.17) is 0 Å². The third-order valence-electron chi connectivity index (χ3n) is 3.99. The molecule has 0 saturated carbocycles. The Kier molecular flexibility index (Phi) is 3.78. The number of imidazole rings is 1. The third-order valence-corrected chi connectivity index (χ3v) is 3.99. The van der Waals surface area contributed by atoms with Gasteiger partial charge < -0.3 is 10.2 Å². The maximum absolute atomic E-state index is 4.68. The van der Waals surface area contributed by atoms with Crippen LogP contribution in [0, 0.1) is 0 Å². The van der Waals surface area contributed by atoms with Gasteiger partial charge in [0.05, 0.1) is 11.9 Å². The zero-order valence-electron chi connectivity index (χ0n) is 14.1. The standard InChI is InChI=1S/C19H18N6/c1-24(2)16-5-3-15(4-6-16)22-18-7-8-19-21-13-17(25(19)23-18)14-9-11-20-12-10-14/h3-13H,1-2H3,(H,22,23). The maximum atomic E-state index is 4.68. The van der Waals surface area contributed by atoms with Crippen molar-refractivity contribution < 1.29 is 0 Å². The summed E-state index contributed by atoms with van der Waals surface area (Å²) in [7, 11) is 4.05. The lowest BCUT2D eigenvalue weighted by atomic mass is 10.2. The number of benzene rings is 1. The van der Waals surface area contributed by atoms with E-state index in [1.165, 1.54) is 0 Å². The summed E-state index contributed by atoms with van der Waals surface area (Å²) in [5.41, 5.74) is 4.92. The van der Waals surface area contributed by atoms with E-state index in [1.54, 1.807) is 12.4 Å². The number of hydrogen-bond donors (Lipinski definition) is 1. The Morgan fingerprint density at radius 1 is 0.920 bits per heavy atom. The van der Waals surface area contributed by atoms with Crippen LogP contribution in [-0.2, 0) is 0 Å². The number of nitrogens with zero attached hydrogens (tertiary/aromatic N) is 5. The average molecular weight is 330 g/mol. The first-order chi connectivity index (χ1) is 12.2. The minimum atomic E-state index is 0.762. The number of fused-ring (bicyclic) bond motifs is 1. The topological polar surface area (TPSA) is 58.3 Å². The van der Waals surface area contributed by atoms with E-state index in [2.05, 4.69) is 37.4 Å². The van der Waals surface area contributed by atoms with Crippen molar-refractivity contribution in [3.8, 4) is 11.3 Å². The van der Waals surface area contributed by atoms with Gasteiger partial charge in [-0.1, -0.05) is 0 Å². The van der Waals surface area contributed by atoms with E-state index in [0.717, 1.165) is 34.1 Å². The van der Waals surface area contributed by atoms with Crippen LogP contribution in [0.4, 0.5) is 17.2 Å². The molecule has 3 heterocycles. The lowest BCUT2D eigenvalue weighted by Gasteiger charge is -2.13. The first-order valence-electron chi connectivity index (χ1n) is 8.00. The fourth-order valence-corrected chi connectivity index (χ4v) is 2.65. The number of nitrogens with one attached hydrogen (secondary N) is 1. The quantitative estimate of drug-likeness (QED) is 0.619. The van der Waals surface area contributed by atoms with E-state index in [0.29, 0.717) is 0 Å². The molecule has 0 bridgehead atoms. The highest BCUT2D eigenvalue weighted by atomic mass is 15.3. The molecule has 3 aromatic heterocycles. The Hall–Kier alpha value is -3.41. The van der Waals surface area contributed by atoms with Gasteiger partial charge in [-0.25, -0.2) is 9.50 Å². The van der Waals surface area contributed by atoms with E-state index in [9.17, 15) is 0 Å². The van der Waals surface area contributed by atoms with Crippen molar-refractivity contribution in [2.75, 3.05) is 24.3 Å². The van der Waals surface area contributed by atoms with Crippen LogP contribution in [0.5, 0.6) is 0 Å². The van der Waals surface area contributed by atoms with Gasteiger partial charge in [-0.3, -0.25) is 4.98 Å². The van der Waals surface area contributed by atoms with Gasteiger partial charge in [0.15, 0.2) is 11.5 Å². The van der Waals surface area contributed by atoms with E-state index >= 15 is 0 Å². The normalized spacial score (nSPS) is 10.8. The van der Waals surface area contributed by atoms with Gasteiger partial charge in [-0.2, -0.15) is 0 Å². The van der Waals surface area contributed by atoms with Crippen LogP contribution in [0.15, 0.2) is 67.1 Å². The summed E-state index contributed by atoms with van der Waals surface area (Å²) in [5.74, 6) is 0.762. The first kappa shape index (κ1) is 15.1. The van der Waals surface area contributed by atoms with Gasteiger partial charge >= 0.3 is 0 Å². The molecular formula is C19H18N6. The zero-order valence-corrected chi connectivity index (χ0v) is 14.1. The Morgan fingerprint density at radius 3 is 2.40 bits per heavy atom. The molecule has 124 valence electrons. The Balaban J connectivity index is 1.67. The molecule has 0 fully saturated rings. The largest absolute Gasteiger partial charge is 0.378 e. The summed E-state index contributed by atoms with van der Waals surface area (Å²) in [6, 6.07) is 16.0. The highest BCUT2D eigenvalue weighted by molar-refractivity contribution is 5.65.